The Morgan fingerprint density at radius 3 is 3.09 bits per heavy atom. The zero-order chi connectivity index (χ0) is 8.55. The van der Waals surface area contributed by atoms with E-state index in [1.54, 1.807) is 12.1 Å². The van der Waals surface area contributed by atoms with Gasteiger partial charge in [-0.3, -0.25) is 4.98 Å². The topological polar surface area (TPSA) is 33.1 Å². The molecule has 0 saturated carbocycles. The Morgan fingerprint density at radius 1 is 1.36 bits per heavy atom. The van der Waals surface area contributed by atoms with Gasteiger partial charge in [-0.2, -0.15) is 0 Å². The Hall–Kier alpha value is -1.57. The molecular formula is C9H7NO. The normalized spacial score (nSPS) is 11.5. The van der Waals surface area contributed by atoms with Crippen molar-refractivity contribution in [2.24, 2.45) is 0 Å². The molecule has 1 N–H and O–H groups in total. The largest absolute Gasteiger partial charge is 0.507 e. The standard InChI is InChI=1S/C9H7NO/c11-9-5-6-10-8-4-2-1-3-7(8)9/h1-6H,(H,10,11)/i5D. The second-order valence-electron chi connectivity index (χ2n) is 2.27. The summed E-state index contributed by atoms with van der Waals surface area (Å²) >= 11 is 0. The van der Waals surface area contributed by atoms with Gasteiger partial charge in [0.15, 0.2) is 0 Å². The van der Waals surface area contributed by atoms with Gasteiger partial charge >= 0.3 is 0 Å². The number of aromatic hydroxyl groups is 1. The number of nitrogens with zero attached hydrogens (tertiary/aromatic N) is 1. The van der Waals surface area contributed by atoms with E-state index in [-0.39, 0.29) is 11.8 Å². The molecule has 0 saturated heterocycles. The lowest BCUT2D eigenvalue weighted by Gasteiger charge is -1.96. The van der Waals surface area contributed by atoms with Crippen LogP contribution in [0.3, 0.4) is 0 Å². The lowest BCUT2D eigenvalue weighted by atomic mass is 10.2. The average molecular weight is 146 g/mol. The van der Waals surface area contributed by atoms with Crippen molar-refractivity contribution in [1.82, 2.24) is 4.98 Å². The number of pyridine rings is 1. The van der Waals surface area contributed by atoms with Gasteiger partial charge in [0, 0.05) is 11.6 Å². The zero-order valence-corrected chi connectivity index (χ0v) is 5.78. The minimum Gasteiger partial charge on any atom is -0.507 e. The van der Waals surface area contributed by atoms with Gasteiger partial charge in [-0.1, -0.05) is 12.1 Å². The van der Waals surface area contributed by atoms with Crippen LogP contribution in [0.5, 0.6) is 5.75 Å². The van der Waals surface area contributed by atoms with Crippen molar-refractivity contribution in [3.63, 3.8) is 0 Å². The maximum Gasteiger partial charge on any atom is 0.126 e. The first-order valence-corrected chi connectivity index (χ1v) is 3.32. The summed E-state index contributed by atoms with van der Waals surface area (Å²) in [6.07, 6.45) is 1.34. The van der Waals surface area contributed by atoms with Gasteiger partial charge in [-0.05, 0) is 18.2 Å². The fourth-order valence-corrected chi connectivity index (χ4v) is 1.03. The highest BCUT2D eigenvalue weighted by Gasteiger charge is 1.95. The lowest BCUT2D eigenvalue weighted by molar-refractivity contribution is 0.481. The first-order chi connectivity index (χ1) is 5.79. The molecule has 1 heterocycles. The van der Waals surface area contributed by atoms with Crippen LogP contribution in [0.4, 0.5) is 0 Å². The minimum absolute atomic E-state index is 0.000556. The molecule has 2 heteroatoms. The van der Waals surface area contributed by atoms with Crippen molar-refractivity contribution >= 4 is 10.9 Å². The fourth-order valence-electron chi connectivity index (χ4n) is 1.03. The van der Waals surface area contributed by atoms with E-state index < -0.39 is 0 Å². The molecule has 0 spiro atoms. The van der Waals surface area contributed by atoms with E-state index in [4.69, 9.17) is 1.37 Å². The number of fused-ring (bicyclic) bond motifs is 1. The zero-order valence-electron chi connectivity index (χ0n) is 6.78. The molecule has 0 aliphatic rings. The SMILES string of the molecule is [2H]c1cnc2ccccc2c1O. The monoisotopic (exact) mass is 146 g/mol. The first kappa shape index (κ1) is 5.13. The summed E-state index contributed by atoms with van der Waals surface area (Å²) < 4.78 is 7.29. The summed E-state index contributed by atoms with van der Waals surface area (Å²) in [4.78, 5) is 3.99. The number of rotatable bonds is 0. The van der Waals surface area contributed by atoms with Gasteiger partial charge in [-0.15, -0.1) is 0 Å². The Morgan fingerprint density at radius 2 is 2.18 bits per heavy atom. The molecule has 2 aromatic rings. The summed E-state index contributed by atoms with van der Waals surface area (Å²) in [5.74, 6) is 0.000556. The van der Waals surface area contributed by atoms with Crippen LogP contribution in [0.15, 0.2) is 36.5 Å². The van der Waals surface area contributed by atoms with Crippen LogP contribution < -0.4 is 0 Å². The molecule has 0 bridgehead atoms. The summed E-state index contributed by atoms with van der Waals surface area (Å²) in [7, 11) is 0. The molecule has 0 amide bonds. The molecule has 0 aliphatic heterocycles. The van der Waals surface area contributed by atoms with E-state index in [9.17, 15) is 5.11 Å². The van der Waals surface area contributed by atoms with Crippen LogP contribution in [0.2, 0.25) is 0 Å². The molecule has 0 unspecified atom stereocenters. The van der Waals surface area contributed by atoms with Crippen molar-refractivity contribution in [2.75, 3.05) is 0 Å². The van der Waals surface area contributed by atoms with E-state index in [0.717, 1.165) is 0 Å². The summed E-state index contributed by atoms with van der Waals surface area (Å²) in [5.41, 5.74) is 0.714. The molecule has 1 aromatic heterocycles. The first-order valence-electron chi connectivity index (χ1n) is 3.82. The van der Waals surface area contributed by atoms with Crippen molar-refractivity contribution in [1.29, 1.82) is 0 Å². The van der Waals surface area contributed by atoms with Crippen LogP contribution in [0, 0.1) is 0 Å². The summed E-state index contributed by atoms with van der Waals surface area (Å²) in [5, 5.41) is 10.1. The minimum atomic E-state index is 0.000556. The maximum absolute atomic E-state index is 9.43. The second-order valence-corrected chi connectivity index (χ2v) is 2.27. The van der Waals surface area contributed by atoms with E-state index in [1.165, 1.54) is 6.20 Å². The van der Waals surface area contributed by atoms with Gasteiger partial charge in [0.25, 0.3) is 0 Å². The van der Waals surface area contributed by atoms with Crippen LogP contribution in [-0.2, 0) is 0 Å². The van der Waals surface area contributed by atoms with Crippen molar-refractivity contribution in [3.8, 4) is 5.75 Å². The highest BCUT2D eigenvalue weighted by Crippen LogP contribution is 2.20. The average Bonchev–Trinajstić information content (AvgIpc) is 2.12. The lowest BCUT2D eigenvalue weighted by Crippen LogP contribution is -1.76. The van der Waals surface area contributed by atoms with Gasteiger partial charge in [0.1, 0.15) is 5.75 Å². The van der Waals surface area contributed by atoms with Gasteiger partial charge in [0.05, 0.1) is 6.89 Å². The van der Waals surface area contributed by atoms with Crippen molar-refractivity contribution in [2.45, 2.75) is 0 Å². The molecule has 1 aromatic carbocycles. The molecular weight excluding hydrogens is 138 g/mol. The quantitative estimate of drug-likeness (QED) is 0.616. The number of para-hydroxylation sites is 1. The molecule has 2 nitrogen and oxygen atoms in total. The van der Waals surface area contributed by atoms with E-state index in [2.05, 4.69) is 4.98 Å². The van der Waals surface area contributed by atoms with Crippen LogP contribution in [0.25, 0.3) is 10.9 Å². The highest BCUT2D eigenvalue weighted by molar-refractivity contribution is 5.84. The Bertz CT molecular complexity index is 428. The number of hydrogen-bond acceptors (Lipinski definition) is 2. The highest BCUT2D eigenvalue weighted by atomic mass is 16.3. The van der Waals surface area contributed by atoms with Crippen LogP contribution in [-0.4, -0.2) is 10.1 Å². The number of aromatic nitrogens is 1. The van der Waals surface area contributed by atoms with Gasteiger partial charge < -0.3 is 5.11 Å². The maximum atomic E-state index is 9.43. The van der Waals surface area contributed by atoms with Crippen LogP contribution in [0.1, 0.15) is 1.37 Å². The molecule has 0 atom stereocenters. The third-order valence-electron chi connectivity index (χ3n) is 1.56. The third kappa shape index (κ3) is 0.923. The summed E-state index contributed by atoms with van der Waals surface area (Å²) in [6, 6.07) is 7.26. The molecule has 0 fully saturated rings. The molecule has 0 radical (unpaired) electrons. The number of benzene rings is 1. The smallest absolute Gasteiger partial charge is 0.126 e. The Labute approximate surface area is 65.5 Å². The predicted molar refractivity (Wildman–Crippen MR) is 43.4 cm³/mol. The molecule has 11 heavy (non-hydrogen) atoms. The Balaban J connectivity index is 2.91. The Kier molecular flexibility index (Phi) is 1.04. The van der Waals surface area contributed by atoms with E-state index in [1.807, 2.05) is 12.1 Å². The van der Waals surface area contributed by atoms with Crippen molar-refractivity contribution in [3.05, 3.63) is 36.5 Å². The predicted octanol–water partition coefficient (Wildman–Crippen LogP) is 1.94. The summed E-state index contributed by atoms with van der Waals surface area (Å²) in [6.45, 7) is 0. The number of hydrogen-bond donors (Lipinski definition) is 1. The van der Waals surface area contributed by atoms with Crippen molar-refractivity contribution < 1.29 is 6.48 Å². The fraction of sp³-hybridized carbons (Fsp3) is 0. The molecule has 54 valence electrons. The molecule has 0 aliphatic carbocycles. The van der Waals surface area contributed by atoms with Gasteiger partial charge in [0.2, 0.25) is 0 Å². The third-order valence-corrected chi connectivity index (χ3v) is 1.56. The van der Waals surface area contributed by atoms with E-state index in [0.29, 0.717) is 10.9 Å². The van der Waals surface area contributed by atoms with Gasteiger partial charge in [-0.25, -0.2) is 0 Å². The molecule has 2 rings (SSSR count). The van der Waals surface area contributed by atoms with Crippen LogP contribution >= 0.6 is 0 Å². The van der Waals surface area contributed by atoms with E-state index >= 15 is 0 Å². The second kappa shape index (κ2) is 2.23.